The number of thiophene rings is 1. The number of aryl methyl sites for hydroxylation is 1. The van der Waals surface area contributed by atoms with Gasteiger partial charge in [0, 0.05) is 15.6 Å². The van der Waals surface area contributed by atoms with Crippen LogP contribution in [0.15, 0.2) is 18.2 Å². The van der Waals surface area contributed by atoms with E-state index in [0.717, 1.165) is 4.70 Å². The van der Waals surface area contributed by atoms with Crippen LogP contribution >= 0.6 is 11.3 Å². The number of benzene rings is 1. The van der Waals surface area contributed by atoms with E-state index in [2.05, 4.69) is 19.2 Å². The molecule has 2 aromatic rings. The van der Waals surface area contributed by atoms with Crippen LogP contribution in [0.1, 0.15) is 23.4 Å². The van der Waals surface area contributed by atoms with Gasteiger partial charge in [-0.15, -0.1) is 11.3 Å². The van der Waals surface area contributed by atoms with Crippen molar-refractivity contribution in [3.05, 3.63) is 34.5 Å². The fraction of sp³-hybridized carbons (Fsp3) is 0.333. The van der Waals surface area contributed by atoms with Crippen molar-refractivity contribution < 1.29 is 4.39 Å². The van der Waals surface area contributed by atoms with E-state index >= 15 is 0 Å². The first-order chi connectivity index (χ1) is 7.13. The number of fused-ring (bicyclic) bond motifs is 1. The highest BCUT2D eigenvalue weighted by Crippen LogP contribution is 2.34. The Kier molecular flexibility index (Phi) is 2.76. The summed E-state index contributed by atoms with van der Waals surface area (Å²) in [6.45, 7) is 4.22. The number of hydrogen-bond donors (Lipinski definition) is 1. The predicted octanol–water partition coefficient (Wildman–Crippen LogP) is 3.63. The molecule has 2 rings (SSSR count). The van der Waals surface area contributed by atoms with Crippen LogP contribution in [0.2, 0.25) is 0 Å². The zero-order valence-corrected chi connectivity index (χ0v) is 9.91. The number of rotatable bonds is 2. The highest BCUT2D eigenvalue weighted by Gasteiger charge is 2.13. The van der Waals surface area contributed by atoms with Gasteiger partial charge in [-0.05, 0) is 44.0 Å². The van der Waals surface area contributed by atoms with Crippen LogP contribution in [-0.4, -0.2) is 7.05 Å². The third-order valence-electron chi connectivity index (χ3n) is 2.76. The van der Waals surface area contributed by atoms with E-state index in [1.807, 2.05) is 13.1 Å². The van der Waals surface area contributed by atoms with Gasteiger partial charge >= 0.3 is 0 Å². The van der Waals surface area contributed by atoms with Crippen molar-refractivity contribution in [2.45, 2.75) is 19.9 Å². The molecule has 80 valence electrons. The largest absolute Gasteiger partial charge is 0.313 e. The summed E-state index contributed by atoms with van der Waals surface area (Å²) in [5.41, 5.74) is 1.26. The van der Waals surface area contributed by atoms with Gasteiger partial charge in [-0.2, -0.15) is 0 Å². The minimum absolute atomic E-state index is 0.160. The first-order valence-electron chi connectivity index (χ1n) is 4.99. The van der Waals surface area contributed by atoms with Crippen LogP contribution < -0.4 is 5.32 Å². The van der Waals surface area contributed by atoms with Crippen LogP contribution in [0.25, 0.3) is 10.1 Å². The molecule has 0 saturated carbocycles. The van der Waals surface area contributed by atoms with E-state index in [1.165, 1.54) is 21.9 Å². The van der Waals surface area contributed by atoms with Gasteiger partial charge in [-0.3, -0.25) is 0 Å². The van der Waals surface area contributed by atoms with Crippen LogP contribution in [0, 0.1) is 12.7 Å². The molecular weight excluding hydrogens is 209 g/mol. The molecule has 0 radical (unpaired) electrons. The zero-order chi connectivity index (χ0) is 11.0. The zero-order valence-electron chi connectivity index (χ0n) is 9.10. The third-order valence-corrected chi connectivity index (χ3v) is 4.20. The quantitative estimate of drug-likeness (QED) is 0.819. The lowest BCUT2D eigenvalue weighted by Crippen LogP contribution is -2.11. The standard InChI is InChI=1S/C12H14FNS/c1-7-10-5-4-9(13)6-11(10)15-12(7)8(2)14-3/h4-6,8,14H,1-3H3. The maximum Gasteiger partial charge on any atom is 0.124 e. The fourth-order valence-electron chi connectivity index (χ4n) is 1.76. The molecule has 0 bridgehead atoms. The van der Waals surface area contributed by atoms with Gasteiger partial charge in [-0.25, -0.2) is 4.39 Å². The predicted molar refractivity (Wildman–Crippen MR) is 64.0 cm³/mol. The fourth-order valence-corrected chi connectivity index (χ4v) is 3.06. The summed E-state index contributed by atoms with van der Waals surface area (Å²) in [6.07, 6.45) is 0. The van der Waals surface area contributed by atoms with Crippen molar-refractivity contribution in [1.82, 2.24) is 5.32 Å². The Morgan fingerprint density at radius 3 is 2.80 bits per heavy atom. The summed E-state index contributed by atoms with van der Waals surface area (Å²) in [5.74, 6) is -0.160. The highest BCUT2D eigenvalue weighted by molar-refractivity contribution is 7.19. The molecule has 1 nitrogen and oxygen atoms in total. The van der Waals surface area contributed by atoms with E-state index in [-0.39, 0.29) is 5.82 Å². The molecule has 1 unspecified atom stereocenters. The summed E-state index contributed by atoms with van der Waals surface area (Å²) in [6, 6.07) is 5.32. The Morgan fingerprint density at radius 2 is 2.13 bits per heavy atom. The van der Waals surface area contributed by atoms with Crippen molar-refractivity contribution in [2.24, 2.45) is 0 Å². The molecule has 0 spiro atoms. The Labute approximate surface area is 92.9 Å². The molecule has 1 aromatic carbocycles. The molecular formula is C12H14FNS. The van der Waals surface area contributed by atoms with E-state index in [0.29, 0.717) is 6.04 Å². The number of nitrogens with one attached hydrogen (secondary N) is 1. The van der Waals surface area contributed by atoms with Crippen LogP contribution in [0.5, 0.6) is 0 Å². The Morgan fingerprint density at radius 1 is 1.40 bits per heavy atom. The molecule has 1 heterocycles. The normalized spacial score (nSPS) is 13.3. The summed E-state index contributed by atoms with van der Waals surface area (Å²) >= 11 is 1.67. The van der Waals surface area contributed by atoms with E-state index in [9.17, 15) is 4.39 Å². The Hall–Kier alpha value is -0.930. The molecule has 1 aromatic heterocycles. The average molecular weight is 223 g/mol. The van der Waals surface area contributed by atoms with Crippen molar-refractivity contribution in [3.63, 3.8) is 0 Å². The molecule has 0 fully saturated rings. The first kappa shape index (κ1) is 10.6. The van der Waals surface area contributed by atoms with Crippen molar-refractivity contribution >= 4 is 21.4 Å². The maximum atomic E-state index is 13.1. The van der Waals surface area contributed by atoms with Crippen LogP contribution in [0.3, 0.4) is 0 Å². The molecule has 0 aliphatic heterocycles. The lowest BCUT2D eigenvalue weighted by molar-refractivity contribution is 0.630. The molecule has 0 saturated heterocycles. The number of halogens is 1. The molecule has 1 atom stereocenters. The van der Waals surface area contributed by atoms with Gasteiger partial charge in [0.1, 0.15) is 5.82 Å². The molecule has 1 N–H and O–H groups in total. The van der Waals surface area contributed by atoms with Gasteiger partial charge < -0.3 is 5.32 Å². The minimum atomic E-state index is -0.160. The monoisotopic (exact) mass is 223 g/mol. The summed E-state index contributed by atoms with van der Waals surface area (Å²) < 4.78 is 14.1. The van der Waals surface area contributed by atoms with E-state index in [1.54, 1.807) is 17.4 Å². The minimum Gasteiger partial charge on any atom is -0.313 e. The van der Waals surface area contributed by atoms with Gasteiger partial charge in [0.25, 0.3) is 0 Å². The highest BCUT2D eigenvalue weighted by atomic mass is 32.1. The molecule has 15 heavy (non-hydrogen) atoms. The number of hydrogen-bond acceptors (Lipinski definition) is 2. The van der Waals surface area contributed by atoms with Crippen LogP contribution in [-0.2, 0) is 0 Å². The Balaban J connectivity index is 2.63. The van der Waals surface area contributed by atoms with E-state index < -0.39 is 0 Å². The van der Waals surface area contributed by atoms with Crippen molar-refractivity contribution in [2.75, 3.05) is 7.05 Å². The first-order valence-corrected chi connectivity index (χ1v) is 5.81. The third kappa shape index (κ3) is 1.77. The molecule has 0 aliphatic carbocycles. The lowest BCUT2D eigenvalue weighted by Gasteiger charge is -2.08. The SMILES string of the molecule is CNC(C)c1sc2cc(F)ccc2c1C. The molecule has 0 aliphatic rings. The second-order valence-corrected chi connectivity index (χ2v) is 4.83. The lowest BCUT2D eigenvalue weighted by atomic mass is 10.1. The van der Waals surface area contributed by atoms with Gasteiger partial charge in [0.15, 0.2) is 0 Å². The van der Waals surface area contributed by atoms with Gasteiger partial charge in [0.05, 0.1) is 0 Å². The van der Waals surface area contributed by atoms with E-state index in [4.69, 9.17) is 0 Å². The second kappa shape index (κ2) is 3.91. The van der Waals surface area contributed by atoms with Crippen LogP contribution in [0.4, 0.5) is 4.39 Å². The smallest absolute Gasteiger partial charge is 0.124 e. The summed E-state index contributed by atoms with van der Waals surface area (Å²) in [4.78, 5) is 1.29. The summed E-state index contributed by atoms with van der Waals surface area (Å²) in [5, 5.41) is 4.38. The van der Waals surface area contributed by atoms with Crippen molar-refractivity contribution in [3.8, 4) is 0 Å². The molecule has 0 amide bonds. The maximum absolute atomic E-state index is 13.1. The van der Waals surface area contributed by atoms with Gasteiger partial charge in [-0.1, -0.05) is 6.07 Å². The second-order valence-electron chi connectivity index (χ2n) is 3.74. The van der Waals surface area contributed by atoms with Crippen molar-refractivity contribution in [1.29, 1.82) is 0 Å². The average Bonchev–Trinajstić information content (AvgIpc) is 2.54. The topological polar surface area (TPSA) is 12.0 Å². The van der Waals surface area contributed by atoms with Gasteiger partial charge in [0.2, 0.25) is 0 Å². The Bertz CT molecular complexity index is 490. The molecule has 3 heteroatoms. The summed E-state index contributed by atoms with van der Waals surface area (Å²) in [7, 11) is 1.94.